The first-order chi connectivity index (χ1) is 6.20. The van der Waals surface area contributed by atoms with E-state index in [9.17, 15) is 0 Å². The topological polar surface area (TPSA) is 90.2 Å². The van der Waals surface area contributed by atoms with Crippen LogP contribution >= 0.6 is 0 Å². The van der Waals surface area contributed by atoms with Crippen LogP contribution in [0.25, 0.3) is 0 Å². The van der Waals surface area contributed by atoms with E-state index < -0.39 is 12.2 Å². The number of aliphatic hydroxyl groups excluding tert-OH is 4. The lowest BCUT2D eigenvalue weighted by Crippen LogP contribution is -2.25. The van der Waals surface area contributed by atoms with E-state index in [2.05, 4.69) is 13.2 Å². The number of hydrogen-bond donors (Lipinski definition) is 4. The molecular formula is C8H18O5. The third-order valence-electron chi connectivity index (χ3n) is 1.04. The molecule has 0 radical (unpaired) electrons. The summed E-state index contributed by atoms with van der Waals surface area (Å²) in [7, 11) is 0. The third kappa shape index (κ3) is 11.5. The predicted molar refractivity (Wildman–Crippen MR) is 48.3 cm³/mol. The van der Waals surface area contributed by atoms with Crippen molar-refractivity contribution in [3.05, 3.63) is 13.2 Å². The van der Waals surface area contributed by atoms with Crippen LogP contribution in [0.4, 0.5) is 0 Å². The number of ether oxygens (including phenoxy) is 1. The lowest BCUT2D eigenvalue weighted by molar-refractivity contribution is -0.0364. The molecule has 0 aliphatic heterocycles. The Morgan fingerprint density at radius 3 is 1.46 bits per heavy atom. The van der Waals surface area contributed by atoms with Gasteiger partial charge in [0.1, 0.15) is 12.2 Å². The molecular weight excluding hydrogens is 176 g/mol. The molecule has 0 fully saturated rings. The standard InChI is InChI=1S/C6H14O5.C2H4/c7-1-5(9)3-11-4-6(10)2-8;1-2/h5-10H,1-4H2;1-2H2. The predicted octanol–water partition coefficient (Wildman–Crippen LogP) is -1.49. The van der Waals surface area contributed by atoms with Crippen molar-refractivity contribution in [3.8, 4) is 0 Å². The van der Waals surface area contributed by atoms with Crippen LogP contribution in [-0.2, 0) is 4.74 Å². The Morgan fingerprint density at radius 2 is 1.23 bits per heavy atom. The fourth-order valence-corrected chi connectivity index (χ4v) is 0.446. The summed E-state index contributed by atoms with van der Waals surface area (Å²) in [6.45, 7) is 5.20. The SMILES string of the molecule is C=C.OCC(O)COCC(O)CO. The molecule has 0 aliphatic carbocycles. The van der Waals surface area contributed by atoms with E-state index in [4.69, 9.17) is 25.2 Å². The van der Waals surface area contributed by atoms with E-state index in [0.29, 0.717) is 0 Å². The van der Waals surface area contributed by atoms with Crippen LogP contribution in [0.15, 0.2) is 13.2 Å². The van der Waals surface area contributed by atoms with Gasteiger partial charge in [0.25, 0.3) is 0 Å². The van der Waals surface area contributed by atoms with Crippen LogP contribution in [0.5, 0.6) is 0 Å². The van der Waals surface area contributed by atoms with E-state index in [-0.39, 0.29) is 26.4 Å². The molecule has 5 heteroatoms. The molecule has 0 aromatic carbocycles. The summed E-state index contributed by atoms with van der Waals surface area (Å²) < 4.78 is 4.72. The Hall–Kier alpha value is -0.460. The van der Waals surface area contributed by atoms with Crippen molar-refractivity contribution in [2.75, 3.05) is 26.4 Å². The van der Waals surface area contributed by atoms with Gasteiger partial charge in [-0.1, -0.05) is 0 Å². The summed E-state index contributed by atoms with van der Waals surface area (Å²) in [5.74, 6) is 0. The van der Waals surface area contributed by atoms with Crippen molar-refractivity contribution in [2.24, 2.45) is 0 Å². The van der Waals surface area contributed by atoms with Crippen molar-refractivity contribution in [1.29, 1.82) is 0 Å². The maximum absolute atomic E-state index is 8.72. The molecule has 0 saturated carbocycles. The number of hydrogen-bond acceptors (Lipinski definition) is 5. The molecule has 0 aromatic heterocycles. The fourth-order valence-electron chi connectivity index (χ4n) is 0.446. The van der Waals surface area contributed by atoms with Crippen molar-refractivity contribution in [1.82, 2.24) is 0 Å². The van der Waals surface area contributed by atoms with Gasteiger partial charge >= 0.3 is 0 Å². The highest BCUT2D eigenvalue weighted by Gasteiger charge is 2.04. The lowest BCUT2D eigenvalue weighted by Gasteiger charge is -2.10. The third-order valence-corrected chi connectivity index (χ3v) is 1.04. The van der Waals surface area contributed by atoms with Gasteiger partial charge in [0.05, 0.1) is 26.4 Å². The number of rotatable bonds is 6. The molecule has 4 N–H and O–H groups in total. The zero-order valence-corrected chi connectivity index (χ0v) is 7.59. The smallest absolute Gasteiger partial charge is 0.100 e. The molecule has 13 heavy (non-hydrogen) atoms. The van der Waals surface area contributed by atoms with E-state index in [1.165, 1.54) is 0 Å². The van der Waals surface area contributed by atoms with Gasteiger partial charge < -0.3 is 25.2 Å². The molecule has 0 heterocycles. The van der Waals surface area contributed by atoms with Crippen LogP contribution in [0.1, 0.15) is 0 Å². The Balaban J connectivity index is 0. The Kier molecular flexibility index (Phi) is 13.3. The van der Waals surface area contributed by atoms with Gasteiger partial charge in [0.15, 0.2) is 0 Å². The van der Waals surface area contributed by atoms with E-state index in [1.54, 1.807) is 0 Å². The highest BCUT2D eigenvalue weighted by molar-refractivity contribution is 4.52. The van der Waals surface area contributed by atoms with Crippen LogP contribution in [0.3, 0.4) is 0 Å². The van der Waals surface area contributed by atoms with Gasteiger partial charge in [-0.05, 0) is 0 Å². The highest BCUT2D eigenvalue weighted by atomic mass is 16.5. The average molecular weight is 194 g/mol. The normalized spacial score (nSPS) is 14.2. The zero-order chi connectivity index (χ0) is 10.7. The quantitative estimate of drug-likeness (QED) is 0.387. The zero-order valence-electron chi connectivity index (χ0n) is 7.59. The molecule has 0 amide bonds. The largest absolute Gasteiger partial charge is 0.394 e. The minimum Gasteiger partial charge on any atom is -0.394 e. The van der Waals surface area contributed by atoms with Crippen LogP contribution in [-0.4, -0.2) is 59.1 Å². The Bertz CT molecular complexity index is 88.5. The van der Waals surface area contributed by atoms with Gasteiger partial charge in [-0.15, -0.1) is 13.2 Å². The molecule has 0 spiro atoms. The van der Waals surface area contributed by atoms with E-state index >= 15 is 0 Å². The van der Waals surface area contributed by atoms with Gasteiger partial charge in [-0.25, -0.2) is 0 Å². The average Bonchev–Trinajstić information content (AvgIpc) is 2.20. The number of aliphatic hydroxyl groups is 4. The summed E-state index contributed by atoms with van der Waals surface area (Å²) in [5.41, 5.74) is 0. The highest BCUT2D eigenvalue weighted by Crippen LogP contribution is 1.87. The first-order valence-corrected chi connectivity index (χ1v) is 3.86. The molecule has 0 aromatic rings. The summed E-state index contributed by atoms with van der Waals surface area (Å²) in [5, 5.41) is 34.1. The lowest BCUT2D eigenvalue weighted by atomic mass is 10.4. The first kappa shape index (κ1) is 15.0. The maximum Gasteiger partial charge on any atom is 0.100 e. The monoisotopic (exact) mass is 194 g/mol. The van der Waals surface area contributed by atoms with Gasteiger partial charge in [-0.3, -0.25) is 0 Å². The molecule has 0 bridgehead atoms. The second-order valence-corrected chi connectivity index (χ2v) is 2.21. The van der Waals surface area contributed by atoms with Crippen molar-refractivity contribution in [2.45, 2.75) is 12.2 Å². The van der Waals surface area contributed by atoms with Gasteiger partial charge in [-0.2, -0.15) is 0 Å². The van der Waals surface area contributed by atoms with Crippen LogP contribution in [0, 0.1) is 0 Å². The maximum atomic E-state index is 8.72. The van der Waals surface area contributed by atoms with E-state index in [0.717, 1.165) is 0 Å². The fraction of sp³-hybridized carbons (Fsp3) is 0.750. The van der Waals surface area contributed by atoms with E-state index in [1.807, 2.05) is 0 Å². The first-order valence-electron chi connectivity index (χ1n) is 3.86. The molecule has 2 atom stereocenters. The molecule has 0 rings (SSSR count). The van der Waals surface area contributed by atoms with Gasteiger partial charge in [0, 0.05) is 0 Å². The molecule has 80 valence electrons. The molecule has 0 saturated heterocycles. The van der Waals surface area contributed by atoms with Crippen LogP contribution in [0.2, 0.25) is 0 Å². The molecule has 5 nitrogen and oxygen atoms in total. The minimum atomic E-state index is -0.916. The summed E-state index contributed by atoms with van der Waals surface area (Å²) in [6.07, 6.45) is -1.83. The molecule has 2 unspecified atom stereocenters. The Morgan fingerprint density at radius 1 is 0.923 bits per heavy atom. The van der Waals surface area contributed by atoms with Crippen LogP contribution < -0.4 is 0 Å². The second-order valence-electron chi connectivity index (χ2n) is 2.21. The van der Waals surface area contributed by atoms with Crippen molar-refractivity contribution in [3.63, 3.8) is 0 Å². The second kappa shape index (κ2) is 11.5. The minimum absolute atomic E-state index is 0.0342. The summed E-state index contributed by atoms with van der Waals surface area (Å²) >= 11 is 0. The molecule has 0 aliphatic rings. The Labute approximate surface area is 77.9 Å². The summed E-state index contributed by atoms with van der Waals surface area (Å²) in [6, 6.07) is 0. The van der Waals surface area contributed by atoms with Gasteiger partial charge in [0.2, 0.25) is 0 Å². The van der Waals surface area contributed by atoms with Crippen molar-refractivity contribution >= 4 is 0 Å². The summed E-state index contributed by atoms with van der Waals surface area (Å²) in [4.78, 5) is 0. The van der Waals surface area contributed by atoms with Crippen molar-refractivity contribution < 1.29 is 25.2 Å².